The van der Waals surface area contributed by atoms with E-state index in [-0.39, 0.29) is 11.9 Å². The van der Waals surface area contributed by atoms with Crippen LogP contribution in [-0.4, -0.2) is 49.9 Å². The number of likely N-dealkylation sites (tertiary alicyclic amines) is 1. The third-order valence-electron chi connectivity index (χ3n) is 4.78. The first-order valence-corrected chi connectivity index (χ1v) is 9.23. The Balaban J connectivity index is 1.30. The highest BCUT2D eigenvalue weighted by Gasteiger charge is 2.34. The fourth-order valence-electron chi connectivity index (χ4n) is 3.18. The van der Waals surface area contributed by atoms with Crippen molar-refractivity contribution in [2.45, 2.75) is 51.7 Å². The van der Waals surface area contributed by atoms with E-state index in [2.05, 4.69) is 39.4 Å². The summed E-state index contributed by atoms with van der Waals surface area (Å²) in [6, 6.07) is 0.977. The number of hydrogen-bond acceptors (Lipinski definition) is 6. The second-order valence-corrected chi connectivity index (χ2v) is 8.03. The molecule has 128 valence electrons. The molecule has 8 heteroatoms. The lowest BCUT2D eigenvalue weighted by molar-refractivity contribution is 0.0678. The molecule has 1 saturated heterocycles. The maximum Gasteiger partial charge on any atom is 0.273 e. The monoisotopic (exact) mass is 346 g/mol. The second kappa shape index (κ2) is 5.93. The number of carbonyl (C=O) groups is 1. The number of nitrogens with zero attached hydrogens (tertiary/aromatic N) is 5. The Labute approximate surface area is 145 Å². The van der Waals surface area contributed by atoms with Gasteiger partial charge >= 0.3 is 0 Å². The number of amides is 1. The zero-order valence-corrected chi connectivity index (χ0v) is 15.0. The summed E-state index contributed by atoms with van der Waals surface area (Å²) in [5, 5.41) is 12.2. The summed E-state index contributed by atoms with van der Waals surface area (Å²) in [4.78, 5) is 20.5. The Hall–Kier alpha value is -1.80. The molecule has 2 fully saturated rings. The third-order valence-corrected chi connectivity index (χ3v) is 6.02. The van der Waals surface area contributed by atoms with Gasteiger partial charge in [-0.1, -0.05) is 5.21 Å². The zero-order valence-electron chi connectivity index (χ0n) is 14.2. The third kappa shape index (κ3) is 2.95. The molecule has 4 rings (SSSR count). The van der Waals surface area contributed by atoms with E-state index in [1.165, 1.54) is 4.88 Å². The Kier molecular flexibility index (Phi) is 3.88. The van der Waals surface area contributed by atoms with Crippen LogP contribution in [0.1, 0.15) is 57.9 Å². The molecular formula is C16H22N6OS. The van der Waals surface area contributed by atoms with E-state index in [9.17, 15) is 4.79 Å². The molecule has 1 atom stereocenters. The topological polar surface area (TPSA) is 75.9 Å². The van der Waals surface area contributed by atoms with Crippen LogP contribution < -0.4 is 5.32 Å². The fraction of sp³-hybridized carbons (Fsp3) is 0.625. The normalized spacial score (nSPS) is 20.0. The van der Waals surface area contributed by atoms with Crippen molar-refractivity contribution in [1.82, 2.24) is 30.2 Å². The molecule has 1 saturated carbocycles. The van der Waals surface area contributed by atoms with Gasteiger partial charge in [-0.2, -0.15) is 0 Å². The Bertz CT molecular complexity index is 758. The lowest BCUT2D eigenvalue weighted by Crippen LogP contribution is -2.59. The second-order valence-electron chi connectivity index (χ2n) is 6.80. The lowest BCUT2D eigenvalue weighted by Gasteiger charge is -2.43. The SMILES string of the molecule is Cc1nc(C)c(C(C)N2CC(NC(=O)c3cn(C4CC4)nn3)C2)s1. The predicted octanol–water partition coefficient (Wildman–Crippen LogP) is 1.86. The fourth-order valence-corrected chi connectivity index (χ4v) is 4.19. The van der Waals surface area contributed by atoms with Crippen molar-refractivity contribution in [3.8, 4) is 0 Å². The van der Waals surface area contributed by atoms with E-state index in [4.69, 9.17) is 0 Å². The van der Waals surface area contributed by atoms with Crippen LogP contribution in [0, 0.1) is 13.8 Å². The lowest BCUT2D eigenvalue weighted by atomic mass is 10.0. The smallest absolute Gasteiger partial charge is 0.273 e. The van der Waals surface area contributed by atoms with Gasteiger partial charge < -0.3 is 5.32 Å². The van der Waals surface area contributed by atoms with Crippen LogP contribution in [-0.2, 0) is 0 Å². The van der Waals surface area contributed by atoms with Crippen LogP contribution in [0.2, 0.25) is 0 Å². The molecule has 1 aliphatic carbocycles. The first kappa shape index (κ1) is 15.7. The average Bonchev–Trinajstić information content (AvgIpc) is 3.13. The summed E-state index contributed by atoms with van der Waals surface area (Å²) >= 11 is 1.76. The van der Waals surface area contributed by atoms with Crippen molar-refractivity contribution in [3.05, 3.63) is 27.5 Å². The van der Waals surface area contributed by atoms with Crippen LogP contribution in [0.15, 0.2) is 6.20 Å². The molecule has 1 amide bonds. The van der Waals surface area contributed by atoms with Crippen LogP contribution in [0.3, 0.4) is 0 Å². The van der Waals surface area contributed by atoms with Crippen molar-refractivity contribution >= 4 is 17.2 Å². The zero-order chi connectivity index (χ0) is 16.8. The van der Waals surface area contributed by atoms with Crippen LogP contribution >= 0.6 is 11.3 Å². The highest BCUT2D eigenvalue weighted by Crippen LogP contribution is 2.34. The molecule has 1 aliphatic heterocycles. The van der Waals surface area contributed by atoms with Crippen molar-refractivity contribution in [1.29, 1.82) is 0 Å². The van der Waals surface area contributed by atoms with E-state index in [1.807, 2.05) is 6.92 Å². The van der Waals surface area contributed by atoms with Crippen LogP contribution in [0.5, 0.6) is 0 Å². The number of rotatable bonds is 5. The number of thiazole rings is 1. The van der Waals surface area contributed by atoms with Crippen molar-refractivity contribution in [3.63, 3.8) is 0 Å². The van der Waals surface area contributed by atoms with E-state index >= 15 is 0 Å². The van der Waals surface area contributed by atoms with Gasteiger partial charge in [0.15, 0.2) is 5.69 Å². The number of hydrogen-bond donors (Lipinski definition) is 1. The van der Waals surface area contributed by atoms with Gasteiger partial charge in [0.05, 0.1) is 29.0 Å². The molecule has 2 aliphatic rings. The minimum absolute atomic E-state index is 0.121. The van der Waals surface area contributed by atoms with E-state index < -0.39 is 0 Å². The Morgan fingerprint density at radius 1 is 1.38 bits per heavy atom. The van der Waals surface area contributed by atoms with Gasteiger partial charge in [-0.05, 0) is 33.6 Å². The Morgan fingerprint density at radius 3 is 2.75 bits per heavy atom. The molecule has 2 aromatic heterocycles. The predicted molar refractivity (Wildman–Crippen MR) is 91.1 cm³/mol. The summed E-state index contributed by atoms with van der Waals surface area (Å²) in [7, 11) is 0. The van der Waals surface area contributed by atoms with E-state index in [1.54, 1.807) is 22.2 Å². The van der Waals surface area contributed by atoms with Crippen LogP contribution in [0.25, 0.3) is 0 Å². The van der Waals surface area contributed by atoms with Crippen molar-refractivity contribution in [2.75, 3.05) is 13.1 Å². The number of aromatic nitrogens is 4. The van der Waals surface area contributed by atoms with Gasteiger partial charge in [0.2, 0.25) is 0 Å². The molecular weight excluding hydrogens is 324 g/mol. The summed E-state index contributed by atoms with van der Waals surface area (Å²) in [6.07, 6.45) is 4.03. The average molecular weight is 346 g/mol. The first-order valence-electron chi connectivity index (χ1n) is 8.42. The Morgan fingerprint density at radius 2 is 2.12 bits per heavy atom. The van der Waals surface area contributed by atoms with Gasteiger partial charge in [0, 0.05) is 24.0 Å². The molecule has 1 unspecified atom stereocenters. The van der Waals surface area contributed by atoms with E-state index in [0.29, 0.717) is 17.8 Å². The summed E-state index contributed by atoms with van der Waals surface area (Å²) in [6.45, 7) is 8.04. The molecule has 2 aromatic rings. The highest BCUT2D eigenvalue weighted by molar-refractivity contribution is 7.11. The highest BCUT2D eigenvalue weighted by atomic mass is 32.1. The largest absolute Gasteiger partial charge is 0.345 e. The molecule has 1 N–H and O–H groups in total. The van der Waals surface area contributed by atoms with Crippen LogP contribution in [0.4, 0.5) is 0 Å². The molecule has 0 spiro atoms. The molecule has 0 radical (unpaired) electrons. The number of aryl methyl sites for hydroxylation is 2. The first-order chi connectivity index (χ1) is 11.5. The summed E-state index contributed by atoms with van der Waals surface area (Å²) < 4.78 is 1.80. The minimum atomic E-state index is -0.121. The summed E-state index contributed by atoms with van der Waals surface area (Å²) in [5.74, 6) is -0.121. The maximum atomic E-state index is 12.3. The molecule has 3 heterocycles. The van der Waals surface area contributed by atoms with Gasteiger partial charge in [-0.25, -0.2) is 9.67 Å². The standard InChI is InChI=1S/C16H22N6OS/c1-9-15(24-11(3)17-9)10(2)21-6-12(7-21)18-16(23)14-8-22(20-19-14)13-4-5-13/h8,10,12-13H,4-7H2,1-3H3,(H,18,23). The number of carbonyl (C=O) groups excluding carboxylic acids is 1. The van der Waals surface area contributed by atoms with Gasteiger partial charge in [0.1, 0.15) is 0 Å². The van der Waals surface area contributed by atoms with Crippen molar-refractivity contribution < 1.29 is 4.79 Å². The quantitative estimate of drug-likeness (QED) is 0.894. The number of nitrogens with one attached hydrogen (secondary N) is 1. The minimum Gasteiger partial charge on any atom is -0.345 e. The summed E-state index contributed by atoms with van der Waals surface area (Å²) in [5.41, 5.74) is 1.54. The van der Waals surface area contributed by atoms with Gasteiger partial charge in [0.25, 0.3) is 5.91 Å². The molecule has 24 heavy (non-hydrogen) atoms. The van der Waals surface area contributed by atoms with E-state index in [0.717, 1.165) is 36.6 Å². The molecule has 7 nitrogen and oxygen atoms in total. The molecule has 0 aromatic carbocycles. The van der Waals surface area contributed by atoms with Crippen molar-refractivity contribution in [2.24, 2.45) is 0 Å². The molecule has 0 bridgehead atoms. The maximum absolute atomic E-state index is 12.3. The van der Waals surface area contributed by atoms with Gasteiger partial charge in [-0.3, -0.25) is 9.69 Å². The van der Waals surface area contributed by atoms with Gasteiger partial charge in [-0.15, -0.1) is 16.4 Å².